The summed E-state index contributed by atoms with van der Waals surface area (Å²) >= 11 is 9.45. The molecule has 9 heteroatoms. The zero-order valence-electron chi connectivity index (χ0n) is 20.0. The Morgan fingerprint density at radius 3 is 2.58 bits per heavy atom. The number of carbonyl (C=O) groups is 4. The molecule has 192 valence electrons. The first-order chi connectivity index (χ1) is 18.1. The average Bonchev–Trinajstić information content (AvgIpc) is 3.14. The van der Waals surface area contributed by atoms with Crippen molar-refractivity contribution in [2.75, 3.05) is 4.90 Å². The second-order valence-corrected chi connectivity index (χ2v) is 11.3. The number of amides is 2. The van der Waals surface area contributed by atoms with Crippen LogP contribution in [0, 0.1) is 30.5 Å². The summed E-state index contributed by atoms with van der Waals surface area (Å²) in [6.45, 7) is 1.82. The van der Waals surface area contributed by atoms with Crippen LogP contribution in [0.15, 0.2) is 69.8 Å². The van der Waals surface area contributed by atoms with E-state index in [-0.39, 0.29) is 39.9 Å². The highest BCUT2D eigenvalue weighted by atomic mass is 79.9. The van der Waals surface area contributed by atoms with Gasteiger partial charge in [0, 0.05) is 33.7 Å². The standard InChI is InChI=1S/C29H20BrClFNO5/c1-12-5-6-13(9-20(12)31)33-28(37)16-8-7-14-17(24(16)29(33)38)10-18-25(22(34)11-19(30)26(18)35)23(14)15-3-2-4-21(32)27(15)36/h2-7,9,11,16-17,23-24,36H,8,10H2,1H3. The van der Waals surface area contributed by atoms with Gasteiger partial charge < -0.3 is 5.11 Å². The first kappa shape index (κ1) is 24.9. The van der Waals surface area contributed by atoms with Gasteiger partial charge in [-0.05, 0) is 65.4 Å². The number of hydrogen-bond donors (Lipinski definition) is 1. The number of aryl methyl sites for hydroxylation is 1. The number of nitrogens with zero attached hydrogens (tertiary/aromatic N) is 1. The fourth-order valence-electron chi connectivity index (χ4n) is 6.30. The molecular weight excluding hydrogens is 577 g/mol. The number of carbonyl (C=O) groups excluding carboxylic acids is 4. The number of imide groups is 1. The number of aromatic hydroxyl groups is 1. The van der Waals surface area contributed by atoms with Gasteiger partial charge in [-0.2, -0.15) is 0 Å². The van der Waals surface area contributed by atoms with Gasteiger partial charge >= 0.3 is 0 Å². The van der Waals surface area contributed by atoms with Crippen molar-refractivity contribution in [2.24, 2.45) is 17.8 Å². The summed E-state index contributed by atoms with van der Waals surface area (Å²) in [6, 6.07) is 9.03. The van der Waals surface area contributed by atoms with Gasteiger partial charge in [0.2, 0.25) is 11.8 Å². The number of benzene rings is 2. The molecule has 38 heavy (non-hydrogen) atoms. The highest BCUT2D eigenvalue weighted by Crippen LogP contribution is 2.56. The molecule has 1 N–H and O–H groups in total. The van der Waals surface area contributed by atoms with Crippen LogP contribution in [0.3, 0.4) is 0 Å². The number of anilines is 1. The minimum atomic E-state index is -0.931. The smallest absolute Gasteiger partial charge is 0.238 e. The van der Waals surface area contributed by atoms with E-state index in [4.69, 9.17) is 11.6 Å². The van der Waals surface area contributed by atoms with Crippen molar-refractivity contribution in [3.05, 3.63) is 91.7 Å². The Morgan fingerprint density at radius 2 is 1.84 bits per heavy atom. The number of rotatable bonds is 2. The summed E-state index contributed by atoms with van der Waals surface area (Å²) in [5, 5.41) is 11.1. The van der Waals surface area contributed by atoms with E-state index < -0.39 is 52.7 Å². The first-order valence-corrected chi connectivity index (χ1v) is 13.3. The molecule has 4 atom stereocenters. The third kappa shape index (κ3) is 3.50. The number of phenolic OH excluding ortho intramolecular Hbond substituents is 1. The van der Waals surface area contributed by atoms with E-state index in [1.54, 1.807) is 18.2 Å². The Morgan fingerprint density at radius 1 is 1.08 bits per heavy atom. The molecule has 0 aromatic heterocycles. The predicted molar refractivity (Wildman–Crippen MR) is 141 cm³/mol. The summed E-state index contributed by atoms with van der Waals surface area (Å²) in [6.07, 6.45) is 3.30. The number of allylic oxidation sites excluding steroid dienone is 6. The normalized spacial score (nSPS) is 26.7. The molecule has 2 aromatic rings. The number of phenols is 1. The Labute approximate surface area is 230 Å². The van der Waals surface area contributed by atoms with E-state index in [0.29, 0.717) is 16.3 Å². The van der Waals surface area contributed by atoms with E-state index in [0.717, 1.165) is 16.5 Å². The Hall–Kier alpha value is -3.36. The molecule has 1 aliphatic heterocycles. The van der Waals surface area contributed by atoms with Gasteiger partial charge in [0.1, 0.15) is 0 Å². The van der Waals surface area contributed by atoms with Crippen LogP contribution in [-0.2, 0) is 19.2 Å². The number of ketones is 2. The molecule has 0 bridgehead atoms. The number of para-hydroxylation sites is 1. The molecular formula is C29H20BrClFNO5. The third-order valence-electron chi connectivity index (χ3n) is 8.07. The van der Waals surface area contributed by atoms with Crippen molar-refractivity contribution in [2.45, 2.75) is 25.7 Å². The van der Waals surface area contributed by atoms with E-state index in [1.807, 2.05) is 13.0 Å². The molecule has 3 aliphatic carbocycles. The maximum atomic E-state index is 14.5. The van der Waals surface area contributed by atoms with Crippen molar-refractivity contribution >= 4 is 56.6 Å². The van der Waals surface area contributed by atoms with Crippen LogP contribution in [0.1, 0.15) is 29.9 Å². The minimum absolute atomic E-state index is 0.0734. The second-order valence-electron chi connectivity index (χ2n) is 10.0. The number of halogens is 3. The average molecular weight is 597 g/mol. The maximum Gasteiger partial charge on any atom is 0.238 e. The largest absolute Gasteiger partial charge is 0.505 e. The van der Waals surface area contributed by atoms with Crippen molar-refractivity contribution in [3.63, 3.8) is 0 Å². The van der Waals surface area contributed by atoms with Crippen LogP contribution in [0.25, 0.3) is 0 Å². The predicted octanol–water partition coefficient (Wildman–Crippen LogP) is 5.46. The van der Waals surface area contributed by atoms with Gasteiger partial charge in [-0.1, -0.05) is 41.4 Å². The molecule has 0 radical (unpaired) electrons. The number of Topliss-reactive ketones (excluding diaryl/α,β-unsaturated/α-hetero) is 1. The molecule has 4 unspecified atom stereocenters. The second kappa shape index (κ2) is 8.85. The van der Waals surface area contributed by atoms with Crippen LogP contribution in [0.2, 0.25) is 5.02 Å². The van der Waals surface area contributed by atoms with Crippen LogP contribution in [0.4, 0.5) is 10.1 Å². The lowest BCUT2D eigenvalue weighted by atomic mass is 9.59. The van der Waals surface area contributed by atoms with Crippen molar-refractivity contribution in [1.29, 1.82) is 0 Å². The van der Waals surface area contributed by atoms with Crippen LogP contribution >= 0.6 is 27.5 Å². The topological polar surface area (TPSA) is 91.8 Å². The monoisotopic (exact) mass is 595 g/mol. The zero-order valence-corrected chi connectivity index (χ0v) is 22.3. The summed E-state index contributed by atoms with van der Waals surface area (Å²) in [4.78, 5) is 55.0. The summed E-state index contributed by atoms with van der Waals surface area (Å²) in [7, 11) is 0. The number of fused-ring (bicyclic) bond motifs is 3. The summed E-state index contributed by atoms with van der Waals surface area (Å²) < 4.78 is 14.6. The molecule has 6 nitrogen and oxygen atoms in total. The Kier molecular flexibility index (Phi) is 5.81. The fraction of sp³-hybridized carbons (Fsp3) is 0.241. The maximum absolute atomic E-state index is 14.5. The molecule has 0 saturated carbocycles. The molecule has 2 amide bonds. The van der Waals surface area contributed by atoms with Crippen molar-refractivity contribution < 1.29 is 28.7 Å². The lowest BCUT2D eigenvalue weighted by Gasteiger charge is -2.42. The van der Waals surface area contributed by atoms with Crippen LogP contribution < -0.4 is 4.90 Å². The van der Waals surface area contributed by atoms with Crippen molar-refractivity contribution in [3.8, 4) is 5.75 Å². The van der Waals surface area contributed by atoms with E-state index >= 15 is 0 Å². The van der Waals surface area contributed by atoms with Gasteiger partial charge in [0.05, 0.1) is 22.0 Å². The highest BCUT2D eigenvalue weighted by molar-refractivity contribution is 9.12. The zero-order chi connectivity index (χ0) is 27.0. The van der Waals surface area contributed by atoms with Gasteiger partial charge in [0.25, 0.3) is 0 Å². The SMILES string of the molecule is Cc1ccc(N2C(=O)C3CC=C4C(c5cccc(F)c5O)C5=C(CC4C3C2=O)C(=O)C(Br)=CC5=O)cc1Cl. The number of hydrogen-bond acceptors (Lipinski definition) is 5. The third-order valence-corrected chi connectivity index (χ3v) is 9.07. The highest BCUT2D eigenvalue weighted by Gasteiger charge is 2.57. The van der Waals surface area contributed by atoms with Crippen LogP contribution in [-0.4, -0.2) is 28.5 Å². The first-order valence-electron chi connectivity index (χ1n) is 12.1. The fourth-order valence-corrected chi connectivity index (χ4v) is 6.92. The minimum Gasteiger partial charge on any atom is -0.505 e. The summed E-state index contributed by atoms with van der Waals surface area (Å²) in [5.41, 5.74) is 2.31. The molecule has 4 aliphatic rings. The van der Waals surface area contributed by atoms with E-state index in [2.05, 4.69) is 15.9 Å². The van der Waals surface area contributed by atoms with Gasteiger partial charge in [-0.3, -0.25) is 19.2 Å². The molecule has 0 spiro atoms. The molecule has 1 saturated heterocycles. The lowest BCUT2D eigenvalue weighted by molar-refractivity contribution is -0.123. The molecule has 2 aromatic carbocycles. The van der Waals surface area contributed by atoms with Crippen molar-refractivity contribution in [1.82, 2.24) is 0 Å². The molecule has 6 rings (SSSR count). The summed E-state index contributed by atoms with van der Waals surface area (Å²) in [5.74, 6) is -6.05. The lowest BCUT2D eigenvalue weighted by Crippen LogP contribution is -2.39. The molecule has 1 fully saturated rings. The van der Waals surface area contributed by atoms with E-state index in [9.17, 15) is 28.7 Å². The van der Waals surface area contributed by atoms with Crippen LogP contribution in [0.5, 0.6) is 5.75 Å². The van der Waals surface area contributed by atoms with Gasteiger partial charge in [-0.25, -0.2) is 9.29 Å². The van der Waals surface area contributed by atoms with Gasteiger partial charge in [-0.15, -0.1) is 0 Å². The van der Waals surface area contributed by atoms with E-state index in [1.165, 1.54) is 18.2 Å². The molecule has 1 heterocycles. The Balaban J connectivity index is 1.50. The quantitative estimate of drug-likeness (QED) is 0.283. The Bertz CT molecular complexity index is 1590. The van der Waals surface area contributed by atoms with Gasteiger partial charge in [0.15, 0.2) is 23.1 Å².